The molecule has 6 nitrogen and oxygen atoms in total. The van der Waals surface area contributed by atoms with Crippen molar-refractivity contribution in [1.29, 1.82) is 5.26 Å². The molecule has 0 spiro atoms. The normalized spacial score (nSPS) is 16.5. The number of rotatable bonds is 3. The van der Waals surface area contributed by atoms with Crippen LogP contribution in [0.25, 0.3) is 0 Å². The number of carboxylic acids is 1. The Balaban J connectivity index is 2.05. The molecule has 0 aliphatic heterocycles. The van der Waals surface area contributed by atoms with E-state index in [1.807, 2.05) is 6.07 Å². The van der Waals surface area contributed by atoms with E-state index < -0.39 is 12.0 Å². The number of carbonyl (C=O) groups excluding carboxylic acids is 2. The molecule has 1 aliphatic rings. The number of imidazole rings is 1. The molecule has 1 aromatic heterocycles. The van der Waals surface area contributed by atoms with Crippen LogP contribution in [0.2, 0.25) is 0 Å². The van der Waals surface area contributed by atoms with Crippen molar-refractivity contribution in [2.45, 2.75) is 18.9 Å². The van der Waals surface area contributed by atoms with Crippen molar-refractivity contribution in [2.24, 2.45) is 0 Å². The van der Waals surface area contributed by atoms with Crippen LogP contribution < -0.4 is 5.11 Å². The molecule has 1 atom stereocenters. The van der Waals surface area contributed by atoms with Crippen molar-refractivity contribution < 1.29 is 14.7 Å². The lowest BCUT2D eigenvalue weighted by molar-refractivity contribution is -0.256. The number of carboxylic acid groups (broad SMARTS) is 1. The predicted molar refractivity (Wildman–Crippen MR) is 69.4 cm³/mol. The highest BCUT2D eigenvalue weighted by atomic mass is 16.4. The molecule has 0 radical (unpaired) electrons. The van der Waals surface area contributed by atoms with E-state index in [4.69, 9.17) is 5.26 Å². The monoisotopic (exact) mass is 280 g/mol. The second-order valence-corrected chi connectivity index (χ2v) is 4.81. The minimum absolute atomic E-state index is 0.162. The van der Waals surface area contributed by atoms with Crippen LogP contribution >= 0.6 is 0 Å². The standard InChI is InChI=1S/C15H11N3O3/c16-5-4-9-2-1-3-10-11(9)8-12(13(10)19)18-7-6-17-14(18)15(20)21/h1-3,6-7,12H,4,8H2,(H,20,21)/p-1. The van der Waals surface area contributed by atoms with Crippen molar-refractivity contribution in [3.63, 3.8) is 0 Å². The van der Waals surface area contributed by atoms with E-state index in [1.54, 1.807) is 12.1 Å². The summed E-state index contributed by atoms with van der Waals surface area (Å²) >= 11 is 0. The first-order valence-electron chi connectivity index (χ1n) is 6.39. The zero-order valence-corrected chi connectivity index (χ0v) is 10.9. The van der Waals surface area contributed by atoms with Gasteiger partial charge in [-0.15, -0.1) is 0 Å². The maximum atomic E-state index is 12.5. The van der Waals surface area contributed by atoms with E-state index in [2.05, 4.69) is 11.1 Å². The predicted octanol–water partition coefficient (Wildman–Crippen LogP) is 0.293. The van der Waals surface area contributed by atoms with Gasteiger partial charge >= 0.3 is 0 Å². The topological polar surface area (TPSA) is 98.8 Å². The lowest BCUT2D eigenvalue weighted by Crippen LogP contribution is -2.29. The lowest BCUT2D eigenvalue weighted by Gasteiger charge is -2.14. The van der Waals surface area contributed by atoms with Gasteiger partial charge in [-0.1, -0.05) is 18.2 Å². The van der Waals surface area contributed by atoms with Crippen molar-refractivity contribution in [1.82, 2.24) is 9.55 Å². The number of nitrogens with zero attached hydrogens (tertiary/aromatic N) is 3. The molecule has 0 amide bonds. The summed E-state index contributed by atoms with van der Waals surface area (Å²) < 4.78 is 1.33. The Morgan fingerprint density at radius 2 is 2.33 bits per heavy atom. The van der Waals surface area contributed by atoms with E-state index in [9.17, 15) is 14.7 Å². The van der Waals surface area contributed by atoms with Crippen molar-refractivity contribution in [3.8, 4) is 6.07 Å². The molecule has 21 heavy (non-hydrogen) atoms. The Morgan fingerprint density at radius 3 is 3.05 bits per heavy atom. The molecule has 1 heterocycles. The Kier molecular flexibility index (Phi) is 3.03. The molecular weight excluding hydrogens is 270 g/mol. The third-order valence-electron chi connectivity index (χ3n) is 3.70. The summed E-state index contributed by atoms with van der Waals surface area (Å²) in [5.41, 5.74) is 2.17. The number of benzene rings is 1. The Morgan fingerprint density at radius 1 is 1.52 bits per heavy atom. The van der Waals surface area contributed by atoms with Gasteiger partial charge in [0.15, 0.2) is 11.6 Å². The molecule has 1 aromatic carbocycles. The number of fused-ring (bicyclic) bond motifs is 1. The number of hydrogen-bond acceptors (Lipinski definition) is 5. The summed E-state index contributed by atoms with van der Waals surface area (Å²) in [4.78, 5) is 27.2. The van der Waals surface area contributed by atoms with Gasteiger partial charge in [0.2, 0.25) is 0 Å². The molecule has 0 saturated carbocycles. The van der Waals surface area contributed by atoms with E-state index in [0.29, 0.717) is 12.0 Å². The smallest absolute Gasteiger partial charge is 0.186 e. The fourth-order valence-corrected chi connectivity index (χ4v) is 2.77. The second-order valence-electron chi connectivity index (χ2n) is 4.81. The largest absolute Gasteiger partial charge is 0.542 e. The van der Waals surface area contributed by atoms with Gasteiger partial charge in [-0.25, -0.2) is 4.98 Å². The van der Waals surface area contributed by atoms with Crippen molar-refractivity contribution in [2.75, 3.05) is 0 Å². The van der Waals surface area contributed by atoms with Gasteiger partial charge in [0.1, 0.15) is 12.0 Å². The first-order valence-corrected chi connectivity index (χ1v) is 6.39. The van der Waals surface area contributed by atoms with Gasteiger partial charge in [-0.3, -0.25) is 4.79 Å². The number of aromatic carboxylic acids is 1. The summed E-state index contributed by atoms with van der Waals surface area (Å²) in [6, 6.07) is 6.68. The minimum atomic E-state index is -1.42. The average molecular weight is 280 g/mol. The summed E-state index contributed by atoms with van der Waals surface area (Å²) in [6.45, 7) is 0. The van der Waals surface area contributed by atoms with Gasteiger partial charge in [-0.2, -0.15) is 5.26 Å². The summed E-state index contributed by atoms with van der Waals surface area (Å²) in [6.07, 6.45) is 3.38. The van der Waals surface area contributed by atoms with Crippen molar-refractivity contribution in [3.05, 3.63) is 53.1 Å². The van der Waals surface area contributed by atoms with E-state index >= 15 is 0 Å². The second kappa shape index (κ2) is 4.87. The molecule has 1 aliphatic carbocycles. The molecule has 6 heteroatoms. The molecule has 0 saturated heterocycles. The third-order valence-corrected chi connectivity index (χ3v) is 3.70. The number of ketones is 1. The van der Waals surface area contributed by atoms with Gasteiger partial charge in [-0.05, 0) is 11.1 Å². The fourth-order valence-electron chi connectivity index (χ4n) is 2.77. The van der Waals surface area contributed by atoms with Crippen LogP contribution in [0.15, 0.2) is 30.6 Å². The number of aromatic nitrogens is 2. The van der Waals surface area contributed by atoms with Crippen LogP contribution in [-0.4, -0.2) is 21.3 Å². The van der Waals surface area contributed by atoms with Gasteiger partial charge in [0, 0.05) is 24.4 Å². The number of carbonyl (C=O) groups is 2. The van der Waals surface area contributed by atoms with Crippen LogP contribution in [-0.2, 0) is 12.8 Å². The first-order chi connectivity index (χ1) is 10.1. The highest BCUT2D eigenvalue weighted by molar-refractivity contribution is 6.04. The summed E-state index contributed by atoms with van der Waals surface area (Å²) in [5.74, 6) is -1.84. The maximum absolute atomic E-state index is 12.5. The first kappa shape index (κ1) is 13.1. The van der Waals surface area contributed by atoms with E-state index in [0.717, 1.165) is 11.1 Å². The molecule has 1 unspecified atom stereocenters. The average Bonchev–Trinajstić information content (AvgIpc) is 3.05. The zero-order valence-electron chi connectivity index (χ0n) is 10.9. The van der Waals surface area contributed by atoms with Crippen LogP contribution in [0.5, 0.6) is 0 Å². The Hall–Kier alpha value is -2.94. The molecular formula is C15H10N3O3-. The van der Waals surface area contributed by atoms with Gasteiger partial charge in [0.25, 0.3) is 0 Å². The number of Topliss-reactive ketones (excluding diaryl/α,β-unsaturated/α-hetero) is 1. The molecule has 0 N–H and O–H groups in total. The zero-order chi connectivity index (χ0) is 15.0. The summed E-state index contributed by atoms with van der Waals surface area (Å²) in [7, 11) is 0. The lowest BCUT2D eigenvalue weighted by atomic mass is 10.0. The van der Waals surface area contributed by atoms with E-state index in [-0.39, 0.29) is 18.0 Å². The fraction of sp³-hybridized carbons (Fsp3) is 0.200. The van der Waals surface area contributed by atoms with Crippen LogP contribution in [0.3, 0.4) is 0 Å². The molecule has 0 fully saturated rings. The molecule has 104 valence electrons. The summed E-state index contributed by atoms with van der Waals surface area (Å²) in [5, 5.41) is 19.9. The van der Waals surface area contributed by atoms with Crippen LogP contribution in [0.4, 0.5) is 0 Å². The molecule has 2 aromatic rings. The van der Waals surface area contributed by atoms with Crippen molar-refractivity contribution >= 4 is 11.8 Å². The SMILES string of the molecule is N#CCc1cccc2c1CC(n1ccnc1C(=O)[O-])C2=O. The van der Waals surface area contributed by atoms with Crippen LogP contribution in [0.1, 0.15) is 38.1 Å². The Labute approximate surface area is 120 Å². The van der Waals surface area contributed by atoms with Gasteiger partial charge < -0.3 is 14.5 Å². The third kappa shape index (κ3) is 1.99. The maximum Gasteiger partial charge on any atom is 0.186 e. The molecule has 3 rings (SSSR count). The number of hydrogen-bond donors (Lipinski definition) is 0. The molecule has 0 bridgehead atoms. The van der Waals surface area contributed by atoms with E-state index in [1.165, 1.54) is 17.0 Å². The van der Waals surface area contributed by atoms with Gasteiger partial charge in [0.05, 0.1) is 12.5 Å². The number of nitriles is 1. The minimum Gasteiger partial charge on any atom is -0.542 e. The Bertz CT molecular complexity index is 786. The quantitative estimate of drug-likeness (QED) is 0.804. The highest BCUT2D eigenvalue weighted by Gasteiger charge is 2.34. The highest BCUT2D eigenvalue weighted by Crippen LogP contribution is 2.33. The van der Waals surface area contributed by atoms with Crippen LogP contribution in [0, 0.1) is 11.3 Å².